The van der Waals surface area contributed by atoms with Gasteiger partial charge in [0.15, 0.2) is 11.6 Å². The minimum atomic E-state index is -1.11. The third kappa shape index (κ3) is 3.42. The molecule has 0 atom stereocenters. The van der Waals surface area contributed by atoms with Crippen LogP contribution >= 0.6 is 22.9 Å². The van der Waals surface area contributed by atoms with Crippen LogP contribution in [0.25, 0.3) is 10.6 Å². The van der Waals surface area contributed by atoms with Crippen LogP contribution in [0, 0.1) is 12.7 Å². The van der Waals surface area contributed by atoms with Crippen molar-refractivity contribution in [2.75, 3.05) is 0 Å². The van der Waals surface area contributed by atoms with E-state index in [9.17, 15) is 14.0 Å². The van der Waals surface area contributed by atoms with Gasteiger partial charge in [0.2, 0.25) is 0 Å². The fraction of sp³-hybridized carbons (Fsp3) is 0.476. The Balaban J connectivity index is 2.19. The highest BCUT2D eigenvalue weighted by atomic mass is 35.5. The number of ketones is 2. The zero-order chi connectivity index (χ0) is 21.0. The zero-order valence-electron chi connectivity index (χ0n) is 16.8. The van der Waals surface area contributed by atoms with Gasteiger partial charge in [-0.05, 0) is 58.7 Å². The molecule has 0 aliphatic carbocycles. The molecule has 0 unspecified atom stereocenters. The zero-order valence-corrected chi connectivity index (χ0v) is 18.3. The highest BCUT2D eigenvalue weighted by Gasteiger charge is 2.54. The molecule has 0 bridgehead atoms. The lowest BCUT2D eigenvalue weighted by Gasteiger charge is -2.42. The van der Waals surface area contributed by atoms with Crippen LogP contribution in [0.15, 0.2) is 12.1 Å². The Hall–Kier alpha value is -1.63. The number of carbonyl (C=O) groups is 2. The molecular formula is C21H23ClFNO3S. The number of aryl methyl sites for hydroxylation is 2. The maximum Gasteiger partial charge on any atom is 0.180 e. The third-order valence-corrected chi connectivity index (χ3v) is 6.46. The molecule has 1 aliphatic rings. The fourth-order valence-corrected chi connectivity index (χ4v) is 5.13. The van der Waals surface area contributed by atoms with E-state index in [0.29, 0.717) is 33.3 Å². The number of Topliss-reactive ketones (excluding diaryl/α,β-unsaturated/α-hetero) is 2. The molecule has 0 radical (unpaired) electrons. The van der Waals surface area contributed by atoms with Gasteiger partial charge in [0.1, 0.15) is 27.9 Å². The van der Waals surface area contributed by atoms with Crippen LogP contribution in [-0.4, -0.2) is 27.8 Å². The number of benzene rings is 1. The smallest absolute Gasteiger partial charge is 0.180 e. The number of carbonyl (C=O) groups excluding carboxylic acids is 2. The topological polar surface area (TPSA) is 56.3 Å². The van der Waals surface area contributed by atoms with Crippen molar-refractivity contribution in [3.05, 3.63) is 39.1 Å². The first-order chi connectivity index (χ1) is 12.9. The Labute approximate surface area is 173 Å². The number of hydrogen-bond donors (Lipinski definition) is 0. The van der Waals surface area contributed by atoms with Gasteiger partial charge in [-0.1, -0.05) is 18.5 Å². The van der Waals surface area contributed by atoms with Gasteiger partial charge in [0.05, 0.1) is 5.69 Å². The first-order valence-electron chi connectivity index (χ1n) is 9.13. The van der Waals surface area contributed by atoms with E-state index in [-0.39, 0.29) is 11.6 Å². The van der Waals surface area contributed by atoms with Gasteiger partial charge >= 0.3 is 0 Å². The highest BCUT2D eigenvalue weighted by molar-refractivity contribution is 7.15. The highest BCUT2D eigenvalue weighted by Crippen LogP contribution is 2.42. The normalized spacial score (nSPS) is 19.3. The van der Waals surface area contributed by atoms with Gasteiger partial charge in [0, 0.05) is 15.5 Å². The summed E-state index contributed by atoms with van der Waals surface area (Å²) in [6.45, 7) is 10.3. The summed E-state index contributed by atoms with van der Waals surface area (Å²) in [6.07, 6.45) is 0.583. The molecule has 0 saturated carbocycles. The predicted octanol–water partition coefficient (Wildman–Crippen LogP) is 5.28. The molecule has 2 heterocycles. The van der Waals surface area contributed by atoms with Crippen LogP contribution in [0.2, 0.25) is 5.02 Å². The van der Waals surface area contributed by atoms with E-state index in [0.717, 1.165) is 4.88 Å². The van der Waals surface area contributed by atoms with Crippen LogP contribution in [0.1, 0.15) is 56.7 Å². The molecule has 1 aromatic carbocycles. The van der Waals surface area contributed by atoms with Crippen molar-refractivity contribution >= 4 is 34.5 Å². The molecule has 3 rings (SSSR count). The van der Waals surface area contributed by atoms with Gasteiger partial charge in [-0.15, -0.1) is 11.3 Å². The second kappa shape index (κ2) is 7.01. The quantitative estimate of drug-likeness (QED) is 0.630. The van der Waals surface area contributed by atoms with Crippen LogP contribution in [0.3, 0.4) is 0 Å². The molecule has 150 valence electrons. The van der Waals surface area contributed by atoms with Crippen molar-refractivity contribution in [3.63, 3.8) is 0 Å². The minimum absolute atomic E-state index is 0.310. The molecule has 0 spiro atoms. The molecule has 2 aromatic rings. The van der Waals surface area contributed by atoms with E-state index >= 15 is 0 Å². The summed E-state index contributed by atoms with van der Waals surface area (Å²) in [6, 6.07) is 2.91. The first kappa shape index (κ1) is 21.1. The van der Waals surface area contributed by atoms with Crippen molar-refractivity contribution in [2.24, 2.45) is 0 Å². The summed E-state index contributed by atoms with van der Waals surface area (Å²) in [5.41, 5.74) is -0.814. The van der Waals surface area contributed by atoms with Crippen molar-refractivity contribution < 1.29 is 18.7 Å². The van der Waals surface area contributed by atoms with Gasteiger partial charge in [-0.25, -0.2) is 9.37 Å². The summed E-state index contributed by atoms with van der Waals surface area (Å²) < 4.78 is 20.4. The minimum Gasteiger partial charge on any atom is -0.354 e. The second-order valence-electron chi connectivity index (χ2n) is 8.04. The van der Waals surface area contributed by atoms with Gasteiger partial charge < -0.3 is 4.74 Å². The molecular weight excluding hydrogens is 401 g/mol. The maximum absolute atomic E-state index is 14.6. The van der Waals surface area contributed by atoms with Crippen molar-refractivity contribution in [1.82, 2.24) is 4.98 Å². The van der Waals surface area contributed by atoms with Crippen molar-refractivity contribution in [3.8, 4) is 10.6 Å². The van der Waals surface area contributed by atoms with Gasteiger partial charge in [-0.3, -0.25) is 9.59 Å². The van der Waals surface area contributed by atoms with Gasteiger partial charge in [-0.2, -0.15) is 0 Å². The van der Waals surface area contributed by atoms with E-state index in [2.05, 4.69) is 4.98 Å². The molecule has 0 N–H and O–H groups in total. The SMILES string of the molecule is CCc1sc(-c2c(C)cc(Cl)cc2F)nc1C1C(=O)C(C)(C)OC(C)(C)C1=O. The molecule has 1 aliphatic heterocycles. The Bertz CT molecular complexity index is 931. The fourth-order valence-electron chi connectivity index (χ4n) is 3.72. The average molecular weight is 424 g/mol. The molecule has 1 aromatic heterocycles. The monoisotopic (exact) mass is 423 g/mol. The number of rotatable bonds is 3. The number of nitrogens with zero attached hydrogens (tertiary/aromatic N) is 1. The Morgan fingerprint density at radius 2 is 1.75 bits per heavy atom. The van der Waals surface area contributed by atoms with E-state index in [1.807, 2.05) is 6.92 Å². The molecule has 4 nitrogen and oxygen atoms in total. The van der Waals surface area contributed by atoms with E-state index in [4.69, 9.17) is 16.3 Å². The standard InChI is InChI=1S/C21H23ClFNO3S/c1-7-13-16(15-17(25)20(3,4)27-21(5,6)18(15)26)24-19(28-13)14-10(2)8-11(22)9-12(14)23/h8-9,15H,7H2,1-6H3. The lowest BCUT2D eigenvalue weighted by molar-refractivity contribution is -0.184. The van der Waals surface area contributed by atoms with E-state index in [1.165, 1.54) is 17.4 Å². The lowest BCUT2D eigenvalue weighted by atomic mass is 9.76. The van der Waals surface area contributed by atoms with E-state index in [1.54, 1.807) is 40.7 Å². The average Bonchev–Trinajstić information content (AvgIpc) is 2.95. The molecule has 1 saturated heterocycles. The Morgan fingerprint density at radius 3 is 2.25 bits per heavy atom. The summed E-state index contributed by atoms with van der Waals surface area (Å²) in [7, 11) is 0. The summed E-state index contributed by atoms with van der Waals surface area (Å²) in [5, 5.41) is 0.755. The molecule has 0 amide bonds. The third-order valence-electron chi connectivity index (χ3n) is 5.01. The molecule has 7 heteroatoms. The van der Waals surface area contributed by atoms with Crippen molar-refractivity contribution in [2.45, 2.75) is 65.1 Å². The first-order valence-corrected chi connectivity index (χ1v) is 10.3. The van der Waals surface area contributed by atoms with Crippen LogP contribution in [0.5, 0.6) is 0 Å². The summed E-state index contributed by atoms with van der Waals surface area (Å²) >= 11 is 7.24. The molecule has 28 heavy (non-hydrogen) atoms. The number of halogens is 2. The summed E-state index contributed by atoms with van der Waals surface area (Å²) in [5.74, 6) is -2.14. The van der Waals surface area contributed by atoms with Crippen LogP contribution in [-0.2, 0) is 20.7 Å². The van der Waals surface area contributed by atoms with Gasteiger partial charge in [0.25, 0.3) is 0 Å². The second-order valence-corrected chi connectivity index (χ2v) is 9.56. The lowest BCUT2D eigenvalue weighted by Crippen LogP contribution is -2.58. The molecule has 1 fully saturated rings. The summed E-state index contributed by atoms with van der Waals surface area (Å²) in [4.78, 5) is 31.5. The number of ether oxygens (including phenoxy) is 1. The van der Waals surface area contributed by atoms with E-state index < -0.39 is 22.9 Å². The van der Waals surface area contributed by atoms with Crippen LogP contribution < -0.4 is 0 Å². The maximum atomic E-state index is 14.6. The van der Waals surface area contributed by atoms with Crippen LogP contribution in [0.4, 0.5) is 4.39 Å². The Kier molecular flexibility index (Phi) is 5.28. The largest absolute Gasteiger partial charge is 0.354 e. The number of hydrogen-bond acceptors (Lipinski definition) is 5. The Morgan fingerprint density at radius 1 is 1.18 bits per heavy atom. The number of aromatic nitrogens is 1. The van der Waals surface area contributed by atoms with Crippen molar-refractivity contribution in [1.29, 1.82) is 0 Å². The predicted molar refractivity (Wildman–Crippen MR) is 109 cm³/mol. The number of thiazole rings is 1.